The Balaban J connectivity index is 1.62. The van der Waals surface area contributed by atoms with Gasteiger partial charge in [0.1, 0.15) is 5.82 Å². The maximum atomic E-state index is 14.6. The number of amides is 2. The zero-order chi connectivity index (χ0) is 19.3. The van der Waals surface area contributed by atoms with Crippen LogP contribution < -0.4 is 10.5 Å². The van der Waals surface area contributed by atoms with Gasteiger partial charge in [-0.3, -0.25) is 23.7 Å². The lowest BCUT2D eigenvalue weighted by molar-refractivity contribution is -0.147. The van der Waals surface area contributed by atoms with Crippen molar-refractivity contribution in [1.82, 2.24) is 4.57 Å². The van der Waals surface area contributed by atoms with Gasteiger partial charge in [-0.15, -0.1) is 0 Å². The summed E-state index contributed by atoms with van der Waals surface area (Å²) in [6, 6.07) is 8.35. The number of anilines is 1. The highest BCUT2D eigenvalue weighted by Crippen LogP contribution is 2.55. The largest absolute Gasteiger partial charge is 0.466 e. The maximum Gasteiger partial charge on any atom is 0.310 e. The van der Waals surface area contributed by atoms with Gasteiger partial charge in [-0.1, -0.05) is 6.07 Å². The number of piperidine rings is 1. The summed E-state index contributed by atoms with van der Waals surface area (Å²) in [5.74, 6) is -4.93. The second-order valence-corrected chi connectivity index (χ2v) is 6.39. The Bertz CT molecular complexity index is 1010. The van der Waals surface area contributed by atoms with E-state index in [1.807, 2.05) is 0 Å². The molecule has 4 rings (SSSR count). The lowest BCUT2D eigenvalue weighted by atomic mass is 10.2. The third kappa shape index (κ3) is 2.56. The summed E-state index contributed by atoms with van der Waals surface area (Å²) in [7, 11) is 0. The van der Waals surface area contributed by atoms with Gasteiger partial charge in [-0.05, 0) is 25.1 Å². The summed E-state index contributed by atoms with van der Waals surface area (Å²) < 4.78 is 20.7. The van der Waals surface area contributed by atoms with Gasteiger partial charge in [-0.25, -0.2) is 9.29 Å². The van der Waals surface area contributed by atoms with Gasteiger partial charge in [-0.2, -0.15) is 0 Å². The van der Waals surface area contributed by atoms with Crippen LogP contribution >= 0.6 is 0 Å². The van der Waals surface area contributed by atoms with Gasteiger partial charge in [0.2, 0.25) is 11.8 Å². The molecule has 2 heterocycles. The predicted octanol–water partition coefficient (Wildman–Crippen LogP) is 1.28. The normalized spacial score (nSPS) is 23.3. The van der Waals surface area contributed by atoms with Crippen LogP contribution in [0.4, 0.5) is 10.1 Å². The van der Waals surface area contributed by atoms with E-state index in [-0.39, 0.29) is 23.5 Å². The highest BCUT2D eigenvalue weighted by molar-refractivity contribution is 6.27. The second-order valence-electron chi connectivity index (χ2n) is 6.39. The Labute approximate surface area is 153 Å². The van der Waals surface area contributed by atoms with Crippen molar-refractivity contribution in [2.45, 2.75) is 6.92 Å². The van der Waals surface area contributed by atoms with E-state index in [2.05, 4.69) is 0 Å². The molecule has 0 radical (unpaired) electrons. The average molecular weight is 370 g/mol. The van der Waals surface area contributed by atoms with Crippen molar-refractivity contribution in [3.63, 3.8) is 0 Å². The molecule has 7 nitrogen and oxygen atoms in total. The molecule has 2 aliphatic rings. The fourth-order valence-corrected chi connectivity index (χ4v) is 3.57. The molecule has 27 heavy (non-hydrogen) atoms. The number of rotatable bonds is 4. The molecule has 1 aliphatic carbocycles. The van der Waals surface area contributed by atoms with Crippen LogP contribution in [0, 0.1) is 23.6 Å². The van der Waals surface area contributed by atoms with Crippen molar-refractivity contribution in [3.8, 4) is 5.69 Å². The number of ether oxygens (including phenoxy) is 1. The van der Waals surface area contributed by atoms with Gasteiger partial charge in [0.15, 0.2) is 0 Å². The van der Waals surface area contributed by atoms with Crippen molar-refractivity contribution in [2.24, 2.45) is 17.8 Å². The number of nitrogens with zero attached hydrogens (tertiary/aromatic N) is 2. The zero-order valence-corrected chi connectivity index (χ0v) is 14.3. The minimum absolute atomic E-state index is 0.163. The quantitative estimate of drug-likeness (QED) is 0.598. The van der Waals surface area contributed by atoms with Crippen LogP contribution in [0.25, 0.3) is 5.69 Å². The summed E-state index contributed by atoms with van der Waals surface area (Å²) in [5.41, 5.74) is -0.250. The van der Waals surface area contributed by atoms with Crippen molar-refractivity contribution in [2.75, 3.05) is 11.5 Å². The molecule has 138 valence electrons. The summed E-state index contributed by atoms with van der Waals surface area (Å²) in [6.07, 6.45) is 1.49. The van der Waals surface area contributed by atoms with Crippen LogP contribution in [0.3, 0.4) is 0 Å². The SMILES string of the molecule is CCOC(=O)C1C2C(=O)N(c3ccc(-n4ccccc4=O)cc3F)C(=O)C12. The smallest absolute Gasteiger partial charge is 0.310 e. The molecule has 2 aromatic rings. The minimum atomic E-state index is -0.807. The molecule has 2 unspecified atom stereocenters. The van der Waals surface area contributed by atoms with Crippen molar-refractivity contribution in [3.05, 3.63) is 58.8 Å². The second kappa shape index (κ2) is 6.15. The molecule has 2 atom stereocenters. The van der Waals surface area contributed by atoms with E-state index in [1.54, 1.807) is 19.1 Å². The monoisotopic (exact) mass is 370 g/mol. The number of carbonyl (C=O) groups is 3. The lowest BCUT2D eigenvalue weighted by Gasteiger charge is -2.19. The third-order valence-electron chi connectivity index (χ3n) is 4.86. The molecular weight excluding hydrogens is 355 g/mol. The van der Waals surface area contributed by atoms with E-state index in [9.17, 15) is 23.6 Å². The first-order valence-electron chi connectivity index (χ1n) is 8.47. The standard InChI is InChI=1S/C19H15FN2O5/c1-2-27-19(26)16-14-15(16)18(25)22(17(14)24)12-7-6-10(9-11(12)20)21-8-4-3-5-13(21)23/h3-9,14-16H,2H2,1H3. The number of hydrogen-bond acceptors (Lipinski definition) is 5. The first-order valence-corrected chi connectivity index (χ1v) is 8.47. The molecule has 1 aromatic carbocycles. The molecule has 1 aromatic heterocycles. The fraction of sp³-hybridized carbons (Fsp3) is 0.263. The molecule has 1 saturated heterocycles. The van der Waals surface area contributed by atoms with Crippen molar-refractivity contribution in [1.29, 1.82) is 0 Å². The first-order chi connectivity index (χ1) is 13.0. The van der Waals surface area contributed by atoms with Gasteiger partial charge in [0, 0.05) is 18.3 Å². The van der Waals surface area contributed by atoms with Crippen molar-refractivity contribution >= 4 is 23.5 Å². The van der Waals surface area contributed by atoms with E-state index in [4.69, 9.17) is 4.74 Å². The zero-order valence-electron chi connectivity index (χ0n) is 14.3. The van der Waals surface area contributed by atoms with Gasteiger partial charge in [0.25, 0.3) is 5.56 Å². The van der Waals surface area contributed by atoms with E-state index >= 15 is 0 Å². The van der Waals surface area contributed by atoms with Gasteiger partial charge < -0.3 is 4.74 Å². The molecular formula is C19H15FN2O5. The number of hydrogen-bond donors (Lipinski definition) is 0. The molecule has 8 heteroatoms. The maximum absolute atomic E-state index is 14.6. The Morgan fingerprint density at radius 1 is 1.11 bits per heavy atom. The van der Waals surface area contributed by atoms with Crippen LogP contribution in [-0.4, -0.2) is 29.0 Å². The van der Waals surface area contributed by atoms with Crippen LogP contribution in [0.2, 0.25) is 0 Å². The molecule has 1 saturated carbocycles. The van der Waals surface area contributed by atoms with Crippen LogP contribution in [-0.2, 0) is 19.1 Å². The topological polar surface area (TPSA) is 85.7 Å². The summed E-state index contributed by atoms with van der Waals surface area (Å²) in [5, 5.41) is 0. The van der Waals surface area contributed by atoms with E-state index in [0.717, 1.165) is 11.0 Å². The van der Waals surface area contributed by atoms with Crippen LogP contribution in [0.15, 0.2) is 47.4 Å². The molecule has 0 N–H and O–H groups in total. The molecule has 1 aliphatic heterocycles. The van der Waals surface area contributed by atoms with Crippen molar-refractivity contribution < 1.29 is 23.5 Å². The number of aromatic nitrogens is 1. The number of pyridine rings is 1. The van der Waals surface area contributed by atoms with Gasteiger partial charge in [0.05, 0.1) is 35.7 Å². The van der Waals surface area contributed by atoms with Crippen LogP contribution in [0.1, 0.15) is 6.92 Å². The highest BCUT2D eigenvalue weighted by atomic mass is 19.1. The predicted molar refractivity (Wildman–Crippen MR) is 91.6 cm³/mol. The van der Waals surface area contributed by atoms with Gasteiger partial charge >= 0.3 is 5.97 Å². The lowest BCUT2D eigenvalue weighted by Crippen LogP contribution is -2.36. The Morgan fingerprint density at radius 2 is 1.81 bits per heavy atom. The first kappa shape index (κ1) is 17.1. The Hall–Kier alpha value is -3.29. The number of fused-ring (bicyclic) bond motifs is 1. The molecule has 2 fully saturated rings. The molecule has 0 bridgehead atoms. The third-order valence-corrected chi connectivity index (χ3v) is 4.86. The molecule has 2 amide bonds. The minimum Gasteiger partial charge on any atom is -0.466 e. The average Bonchev–Trinajstić information content (AvgIpc) is 3.34. The Morgan fingerprint density at radius 3 is 2.41 bits per heavy atom. The number of esters is 1. The summed E-state index contributed by atoms with van der Waals surface area (Å²) in [4.78, 5) is 49.5. The number of halogens is 1. The Kier molecular flexibility index (Phi) is 3.91. The van der Waals surface area contributed by atoms with Crippen LogP contribution in [0.5, 0.6) is 0 Å². The number of benzene rings is 1. The highest BCUT2D eigenvalue weighted by Gasteiger charge is 2.71. The van der Waals surface area contributed by atoms with E-state index in [0.29, 0.717) is 0 Å². The van der Waals surface area contributed by atoms with E-state index < -0.39 is 41.4 Å². The summed E-state index contributed by atoms with van der Waals surface area (Å²) >= 11 is 0. The fourth-order valence-electron chi connectivity index (χ4n) is 3.57. The number of carbonyl (C=O) groups excluding carboxylic acids is 3. The number of imide groups is 1. The summed E-state index contributed by atoms with van der Waals surface area (Å²) in [6.45, 7) is 1.80. The molecule has 0 spiro atoms. The van der Waals surface area contributed by atoms with E-state index in [1.165, 1.54) is 29.0 Å².